The first-order valence-electron chi connectivity index (χ1n) is 4.92. The molecule has 0 unspecified atom stereocenters. The number of hydrogen-bond acceptors (Lipinski definition) is 4. The molecule has 0 bridgehead atoms. The molecular formula is C10H6F5N3O. The van der Waals surface area contributed by atoms with Crippen molar-refractivity contribution in [1.29, 1.82) is 0 Å². The van der Waals surface area contributed by atoms with Crippen LogP contribution in [0.3, 0.4) is 0 Å². The highest BCUT2D eigenvalue weighted by Gasteiger charge is 2.38. The fourth-order valence-electron chi connectivity index (χ4n) is 1.37. The van der Waals surface area contributed by atoms with Crippen molar-refractivity contribution in [3.05, 3.63) is 35.2 Å². The molecule has 2 aromatic rings. The zero-order valence-corrected chi connectivity index (χ0v) is 9.13. The zero-order valence-electron chi connectivity index (χ0n) is 9.13. The minimum Gasteiger partial charge on any atom is -0.329 e. The standard InChI is InChI=1S/C10H6F5N3O/c11-6-4(3-16)1-2-5(7(6)12)8-17-9(19-18-8)10(13,14)15/h1-2H,3,16H2. The fraction of sp³-hybridized carbons (Fsp3) is 0.200. The van der Waals surface area contributed by atoms with E-state index in [0.717, 1.165) is 12.1 Å². The van der Waals surface area contributed by atoms with E-state index in [1.165, 1.54) is 0 Å². The van der Waals surface area contributed by atoms with Gasteiger partial charge in [-0.3, -0.25) is 0 Å². The average Bonchev–Trinajstić information content (AvgIpc) is 2.81. The van der Waals surface area contributed by atoms with Gasteiger partial charge in [0.15, 0.2) is 11.6 Å². The molecule has 0 aliphatic rings. The quantitative estimate of drug-likeness (QED) is 0.858. The normalized spacial score (nSPS) is 11.9. The molecule has 19 heavy (non-hydrogen) atoms. The summed E-state index contributed by atoms with van der Waals surface area (Å²) in [7, 11) is 0. The van der Waals surface area contributed by atoms with Gasteiger partial charge in [-0.1, -0.05) is 11.2 Å². The van der Waals surface area contributed by atoms with Crippen molar-refractivity contribution in [1.82, 2.24) is 10.1 Å². The van der Waals surface area contributed by atoms with Gasteiger partial charge in [-0.05, 0) is 6.07 Å². The van der Waals surface area contributed by atoms with Crippen LogP contribution in [0, 0.1) is 11.6 Å². The molecule has 0 aliphatic carbocycles. The van der Waals surface area contributed by atoms with Crippen molar-refractivity contribution < 1.29 is 26.5 Å². The second-order valence-corrected chi connectivity index (χ2v) is 3.53. The third-order valence-corrected chi connectivity index (χ3v) is 2.29. The molecule has 0 radical (unpaired) electrons. The second-order valence-electron chi connectivity index (χ2n) is 3.53. The maximum Gasteiger partial charge on any atom is 0.471 e. The van der Waals surface area contributed by atoms with Crippen molar-refractivity contribution >= 4 is 0 Å². The minimum atomic E-state index is -4.85. The number of alkyl halides is 3. The monoisotopic (exact) mass is 279 g/mol. The smallest absolute Gasteiger partial charge is 0.329 e. The predicted octanol–water partition coefficient (Wildman–Crippen LogP) is 2.49. The maximum atomic E-state index is 13.6. The van der Waals surface area contributed by atoms with Gasteiger partial charge in [-0.15, -0.1) is 0 Å². The Morgan fingerprint density at radius 3 is 2.37 bits per heavy atom. The molecule has 0 fully saturated rings. The molecule has 2 N–H and O–H groups in total. The fourth-order valence-corrected chi connectivity index (χ4v) is 1.37. The number of hydrogen-bond donors (Lipinski definition) is 1. The van der Waals surface area contributed by atoms with E-state index in [1.54, 1.807) is 0 Å². The van der Waals surface area contributed by atoms with Crippen LogP contribution in [0.15, 0.2) is 16.7 Å². The van der Waals surface area contributed by atoms with E-state index >= 15 is 0 Å². The first-order chi connectivity index (χ1) is 8.84. The molecule has 1 aromatic carbocycles. The van der Waals surface area contributed by atoms with Crippen molar-refractivity contribution in [3.8, 4) is 11.4 Å². The molecule has 0 atom stereocenters. The molecule has 102 valence electrons. The van der Waals surface area contributed by atoms with Gasteiger partial charge in [-0.25, -0.2) is 8.78 Å². The summed E-state index contributed by atoms with van der Waals surface area (Å²) in [6.07, 6.45) is -4.85. The summed E-state index contributed by atoms with van der Waals surface area (Å²) < 4.78 is 67.7. The van der Waals surface area contributed by atoms with Crippen LogP contribution < -0.4 is 5.73 Å². The number of nitrogens with zero attached hydrogens (tertiary/aromatic N) is 2. The summed E-state index contributed by atoms with van der Waals surface area (Å²) in [4.78, 5) is 2.97. The molecule has 0 amide bonds. The van der Waals surface area contributed by atoms with Crippen molar-refractivity contribution in [2.24, 2.45) is 5.73 Å². The Morgan fingerprint density at radius 2 is 1.84 bits per heavy atom. The van der Waals surface area contributed by atoms with E-state index in [4.69, 9.17) is 5.73 Å². The molecule has 1 heterocycles. The maximum absolute atomic E-state index is 13.6. The Balaban J connectivity index is 2.48. The Bertz CT molecular complexity index is 608. The van der Waals surface area contributed by atoms with E-state index in [0.29, 0.717) is 0 Å². The summed E-state index contributed by atoms with van der Waals surface area (Å²) in [5, 5.41) is 2.97. The van der Waals surface area contributed by atoms with Gasteiger partial charge in [0.25, 0.3) is 0 Å². The first-order valence-corrected chi connectivity index (χ1v) is 4.92. The molecule has 0 saturated carbocycles. The SMILES string of the molecule is NCc1ccc(-c2noc(C(F)(F)F)n2)c(F)c1F. The van der Waals surface area contributed by atoms with E-state index in [2.05, 4.69) is 14.7 Å². The molecular weight excluding hydrogens is 273 g/mol. The lowest BCUT2D eigenvalue weighted by Gasteiger charge is -2.03. The lowest BCUT2D eigenvalue weighted by Crippen LogP contribution is -2.05. The number of benzene rings is 1. The molecule has 0 saturated heterocycles. The Morgan fingerprint density at radius 1 is 1.16 bits per heavy atom. The van der Waals surface area contributed by atoms with Gasteiger partial charge in [0.1, 0.15) is 0 Å². The van der Waals surface area contributed by atoms with Gasteiger partial charge in [-0.2, -0.15) is 18.2 Å². The van der Waals surface area contributed by atoms with Gasteiger partial charge in [0, 0.05) is 12.1 Å². The Kier molecular flexibility index (Phi) is 3.23. The van der Waals surface area contributed by atoms with E-state index in [1.807, 2.05) is 0 Å². The van der Waals surface area contributed by atoms with Crippen molar-refractivity contribution in [3.63, 3.8) is 0 Å². The molecule has 4 nitrogen and oxygen atoms in total. The largest absolute Gasteiger partial charge is 0.471 e. The average molecular weight is 279 g/mol. The van der Waals surface area contributed by atoms with E-state index < -0.39 is 35.1 Å². The summed E-state index contributed by atoms with van der Waals surface area (Å²) >= 11 is 0. The van der Waals surface area contributed by atoms with Gasteiger partial charge in [0.05, 0.1) is 5.56 Å². The molecule has 1 aromatic heterocycles. The highest BCUT2D eigenvalue weighted by Crippen LogP contribution is 2.30. The van der Waals surface area contributed by atoms with Gasteiger partial charge >= 0.3 is 12.1 Å². The van der Waals surface area contributed by atoms with Crippen LogP contribution in [0.4, 0.5) is 22.0 Å². The number of halogens is 5. The van der Waals surface area contributed by atoms with Gasteiger partial charge in [0.2, 0.25) is 5.82 Å². The number of rotatable bonds is 2. The summed E-state index contributed by atoms with van der Waals surface area (Å²) in [5.41, 5.74) is 4.52. The van der Waals surface area contributed by atoms with Crippen LogP contribution in [0.5, 0.6) is 0 Å². The van der Waals surface area contributed by atoms with Crippen LogP contribution in [0.1, 0.15) is 11.5 Å². The third kappa shape index (κ3) is 2.41. The molecule has 0 spiro atoms. The molecule has 2 rings (SSSR count). The van der Waals surface area contributed by atoms with Gasteiger partial charge < -0.3 is 10.3 Å². The zero-order chi connectivity index (χ0) is 14.2. The lowest BCUT2D eigenvalue weighted by atomic mass is 10.1. The van der Waals surface area contributed by atoms with Crippen LogP contribution in [0.2, 0.25) is 0 Å². The Labute approximate surface area is 103 Å². The first kappa shape index (κ1) is 13.4. The highest BCUT2D eigenvalue weighted by molar-refractivity contribution is 5.56. The van der Waals surface area contributed by atoms with Crippen LogP contribution >= 0.6 is 0 Å². The molecule has 9 heteroatoms. The summed E-state index contributed by atoms with van der Waals surface area (Å²) in [5.74, 6) is -4.95. The van der Waals surface area contributed by atoms with Crippen molar-refractivity contribution in [2.75, 3.05) is 0 Å². The second kappa shape index (κ2) is 4.57. The predicted molar refractivity (Wildman–Crippen MR) is 52.5 cm³/mol. The minimum absolute atomic E-state index is 0.110. The topological polar surface area (TPSA) is 64.9 Å². The third-order valence-electron chi connectivity index (χ3n) is 2.29. The number of aromatic nitrogens is 2. The summed E-state index contributed by atoms with van der Waals surface area (Å²) in [6.45, 7) is -0.247. The van der Waals surface area contributed by atoms with Crippen LogP contribution in [0.25, 0.3) is 11.4 Å². The Hall–Kier alpha value is -2.03. The van der Waals surface area contributed by atoms with Crippen LogP contribution in [-0.2, 0) is 12.7 Å². The molecule has 0 aliphatic heterocycles. The highest BCUT2D eigenvalue weighted by atomic mass is 19.4. The van der Waals surface area contributed by atoms with Crippen molar-refractivity contribution in [2.45, 2.75) is 12.7 Å². The van der Waals surface area contributed by atoms with E-state index in [-0.39, 0.29) is 12.1 Å². The van der Waals surface area contributed by atoms with E-state index in [9.17, 15) is 22.0 Å². The number of nitrogens with two attached hydrogens (primary N) is 1. The lowest BCUT2D eigenvalue weighted by molar-refractivity contribution is -0.159. The van der Waals surface area contributed by atoms with Crippen LogP contribution in [-0.4, -0.2) is 10.1 Å². The summed E-state index contributed by atoms with van der Waals surface area (Å²) in [6, 6.07) is 2.17.